The van der Waals surface area contributed by atoms with E-state index in [1.807, 2.05) is 11.0 Å². The zero-order chi connectivity index (χ0) is 19.3. The summed E-state index contributed by atoms with van der Waals surface area (Å²) in [6.07, 6.45) is 6.76. The minimum absolute atomic E-state index is 0.0111. The van der Waals surface area contributed by atoms with E-state index < -0.39 is 11.6 Å². The molecule has 1 aliphatic heterocycles. The van der Waals surface area contributed by atoms with E-state index in [2.05, 4.69) is 15.4 Å². The Morgan fingerprint density at radius 1 is 1.18 bits per heavy atom. The van der Waals surface area contributed by atoms with Crippen LogP contribution in [0.3, 0.4) is 0 Å². The van der Waals surface area contributed by atoms with Crippen LogP contribution in [0.1, 0.15) is 37.3 Å². The summed E-state index contributed by atoms with van der Waals surface area (Å²) >= 11 is 0. The molecule has 2 aliphatic rings. The van der Waals surface area contributed by atoms with Crippen LogP contribution in [0.2, 0.25) is 0 Å². The molecule has 0 radical (unpaired) electrons. The number of hydrogen-bond acceptors (Lipinski definition) is 4. The molecule has 1 aliphatic carbocycles. The molecule has 0 unspecified atom stereocenters. The van der Waals surface area contributed by atoms with Gasteiger partial charge in [0, 0.05) is 24.2 Å². The van der Waals surface area contributed by atoms with E-state index in [-0.39, 0.29) is 17.9 Å². The maximum absolute atomic E-state index is 14.3. The molecule has 1 N–H and O–H groups in total. The van der Waals surface area contributed by atoms with Crippen LogP contribution < -0.4 is 10.2 Å². The predicted octanol–water partition coefficient (Wildman–Crippen LogP) is 3.70. The number of nitrogens with zero attached hydrogens (tertiary/aromatic N) is 4. The van der Waals surface area contributed by atoms with Crippen molar-refractivity contribution in [3.05, 3.63) is 53.9 Å². The maximum Gasteiger partial charge on any atom is 0.227 e. The number of aromatic nitrogens is 3. The van der Waals surface area contributed by atoms with Crippen molar-refractivity contribution in [3.8, 4) is 0 Å². The second-order valence-corrected chi connectivity index (χ2v) is 7.39. The van der Waals surface area contributed by atoms with Gasteiger partial charge in [-0.2, -0.15) is 5.10 Å². The number of anilines is 2. The molecule has 1 aromatic carbocycles. The average molecular weight is 383 g/mol. The first-order chi connectivity index (χ1) is 13.6. The lowest BCUT2D eigenvalue weighted by atomic mass is 10.0. The third-order valence-corrected chi connectivity index (χ3v) is 5.42. The lowest BCUT2D eigenvalue weighted by molar-refractivity contribution is -0.117. The zero-order valence-electron chi connectivity index (χ0n) is 15.1. The Labute approximate surface area is 160 Å². The highest BCUT2D eigenvalue weighted by atomic mass is 19.1. The van der Waals surface area contributed by atoms with E-state index in [9.17, 15) is 13.6 Å². The van der Waals surface area contributed by atoms with Gasteiger partial charge in [0.1, 0.15) is 23.1 Å². The monoisotopic (exact) mass is 383 g/mol. The molecule has 1 saturated heterocycles. The number of rotatable bonds is 4. The minimum atomic E-state index is -0.451. The number of amides is 1. The standard InChI is InChI=1S/C20H19F2N5O/c21-13-5-6-15(22)14(10-13)17-2-1-8-26(17)18-7-9-27-19(25-18)16(11-23-27)24-20(28)12-3-4-12/h5-7,9-12,17H,1-4,8H2,(H,24,28)/t17-/m1/s1. The summed E-state index contributed by atoms with van der Waals surface area (Å²) in [5.41, 5.74) is 1.44. The fraction of sp³-hybridized carbons (Fsp3) is 0.350. The second kappa shape index (κ2) is 6.54. The van der Waals surface area contributed by atoms with Crippen molar-refractivity contribution in [2.24, 2.45) is 5.92 Å². The van der Waals surface area contributed by atoms with Gasteiger partial charge >= 0.3 is 0 Å². The number of nitrogens with one attached hydrogen (secondary N) is 1. The van der Waals surface area contributed by atoms with Gasteiger partial charge in [-0.25, -0.2) is 18.3 Å². The molecule has 5 rings (SSSR count). The first-order valence-corrected chi connectivity index (χ1v) is 9.47. The largest absolute Gasteiger partial charge is 0.349 e. The van der Waals surface area contributed by atoms with Gasteiger partial charge in [-0.15, -0.1) is 0 Å². The van der Waals surface area contributed by atoms with E-state index in [1.54, 1.807) is 16.9 Å². The third-order valence-electron chi connectivity index (χ3n) is 5.42. The first kappa shape index (κ1) is 17.1. The molecular formula is C20H19F2N5O. The van der Waals surface area contributed by atoms with Crippen molar-refractivity contribution < 1.29 is 13.6 Å². The highest BCUT2D eigenvalue weighted by molar-refractivity contribution is 5.96. The van der Waals surface area contributed by atoms with Crippen LogP contribution in [0.15, 0.2) is 36.7 Å². The third kappa shape index (κ3) is 2.98. The fourth-order valence-electron chi connectivity index (χ4n) is 3.82. The van der Waals surface area contributed by atoms with Gasteiger partial charge in [0.05, 0.1) is 12.2 Å². The Morgan fingerprint density at radius 3 is 2.86 bits per heavy atom. The molecule has 1 amide bonds. The van der Waals surface area contributed by atoms with Crippen LogP contribution in [0, 0.1) is 17.6 Å². The summed E-state index contributed by atoms with van der Waals surface area (Å²) in [6, 6.07) is 5.08. The SMILES string of the molecule is O=C(Nc1cnn2ccc(N3CCC[C@@H]3c3cc(F)ccc3F)nc12)C1CC1. The van der Waals surface area contributed by atoms with E-state index in [0.717, 1.165) is 31.7 Å². The molecule has 1 atom stereocenters. The van der Waals surface area contributed by atoms with Gasteiger partial charge in [-0.1, -0.05) is 0 Å². The number of hydrogen-bond donors (Lipinski definition) is 1. The Kier molecular flexibility index (Phi) is 3.99. The lowest BCUT2D eigenvalue weighted by Crippen LogP contribution is -2.24. The van der Waals surface area contributed by atoms with Crippen molar-refractivity contribution in [2.75, 3.05) is 16.8 Å². The molecule has 28 heavy (non-hydrogen) atoms. The Balaban J connectivity index is 1.49. The highest BCUT2D eigenvalue weighted by Gasteiger charge is 2.31. The second-order valence-electron chi connectivity index (χ2n) is 7.39. The summed E-state index contributed by atoms with van der Waals surface area (Å²) in [5.74, 6) is -0.144. The fourth-order valence-corrected chi connectivity index (χ4v) is 3.82. The minimum Gasteiger partial charge on any atom is -0.349 e. The number of benzene rings is 1. The topological polar surface area (TPSA) is 62.5 Å². The smallest absolute Gasteiger partial charge is 0.227 e. The molecule has 3 aromatic rings. The molecule has 2 fully saturated rings. The molecule has 0 bridgehead atoms. The van der Waals surface area contributed by atoms with E-state index in [1.165, 1.54) is 12.1 Å². The normalized spacial score (nSPS) is 19.4. The molecule has 2 aromatic heterocycles. The summed E-state index contributed by atoms with van der Waals surface area (Å²) in [4.78, 5) is 18.8. The molecule has 6 nitrogen and oxygen atoms in total. The number of carbonyl (C=O) groups is 1. The van der Waals surface area contributed by atoms with Gasteiger partial charge in [0.15, 0.2) is 5.65 Å². The Bertz CT molecular complexity index is 1060. The van der Waals surface area contributed by atoms with Crippen molar-refractivity contribution >= 4 is 23.1 Å². The van der Waals surface area contributed by atoms with Crippen LogP contribution in [0.4, 0.5) is 20.3 Å². The maximum atomic E-state index is 14.3. The van der Waals surface area contributed by atoms with Crippen molar-refractivity contribution in [2.45, 2.75) is 31.7 Å². The Morgan fingerprint density at radius 2 is 2.04 bits per heavy atom. The zero-order valence-corrected chi connectivity index (χ0v) is 15.1. The van der Waals surface area contributed by atoms with Gasteiger partial charge in [0.25, 0.3) is 0 Å². The molecule has 144 valence electrons. The van der Waals surface area contributed by atoms with Gasteiger partial charge < -0.3 is 10.2 Å². The van der Waals surface area contributed by atoms with Gasteiger partial charge in [0.2, 0.25) is 5.91 Å². The van der Waals surface area contributed by atoms with Crippen LogP contribution in [-0.2, 0) is 4.79 Å². The molecule has 8 heteroatoms. The number of halogens is 2. The summed E-state index contributed by atoms with van der Waals surface area (Å²) < 4.78 is 29.6. The van der Waals surface area contributed by atoms with E-state index in [4.69, 9.17) is 0 Å². The van der Waals surface area contributed by atoms with Gasteiger partial charge in [-0.05, 0) is 49.9 Å². The van der Waals surface area contributed by atoms with Crippen molar-refractivity contribution in [1.82, 2.24) is 14.6 Å². The quantitative estimate of drug-likeness (QED) is 0.746. The van der Waals surface area contributed by atoms with Crippen LogP contribution >= 0.6 is 0 Å². The number of carbonyl (C=O) groups excluding carboxylic acids is 1. The molecule has 1 saturated carbocycles. The first-order valence-electron chi connectivity index (χ1n) is 9.47. The van der Waals surface area contributed by atoms with E-state index >= 15 is 0 Å². The van der Waals surface area contributed by atoms with Crippen molar-refractivity contribution in [3.63, 3.8) is 0 Å². The lowest BCUT2D eigenvalue weighted by Gasteiger charge is -2.26. The highest BCUT2D eigenvalue weighted by Crippen LogP contribution is 2.37. The Hall–Kier alpha value is -3.03. The predicted molar refractivity (Wildman–Crippen MR) is 100 cm³/mol. The molecular weight excluding hydrogens is 364 g/mol. The van der Waals surface area contributed by atoms with Crippen molar-refractivity contribution in [1.29, 1.82) is 0 Å². The average Bonchev–Trinajstić information content (AvgIpc) is 3.31. The molecule has 3 heterocycles. The van der Waals surface area contributed by atoms with Gasteiger partial charge in [-0.3, -0.25) is 4.79 Å². The molecule has 0 spiro atoms. The summed E-state index contributed by atoms with van der Waals surface area (Å²) in [5, 5.41) is 7.12. The summed E-state index contributed by atoms with van der Waals surface area (Å²) in [7, 11) is 0. The number of fused-ring (bicyclic) bond motifs is 1. The van der Waals surface area contributed by atoms with Crippen LogP contribution in [0.25, 0.3) is 5.65 Å². The summed E-state index contributed by atoms with van der Waals surface area (Å²) in [6.45, 7) is 0.696. The van der Waals surface area contributed by atoms with Crippen LogP contribution in [0.5, 0.6) is 0 Å². The van der Waals surface area contributed by atoms with Crippen LogP contribution in [-0.4, -0.2) is 27.0 Å². The van der Waals surface area contributed by atoms with E-state index in [0.29, 0.717) is 29.3 Å².